The zero-order valence-corrected chi connectivity index (χ0v) is 23.6. The van der Waals surface area contributed by atoms with Crippen molar-refractivity contribution >= 4 is 38.7 Å². The van der Waals surface area contributed by atoms with E-state index in [1.807, 2.05) is 31.7 Å². The summed E-state index contributed by atoms with van der Waals surface area (Å²) in [4.78, 5) is 28.3. The summed E-state index contributed by atoms with van der Waals surface area (Å²) in [5, 5.41) is 0.591. The molecule has 8 nitrogen and oxygen atoms in total. The molecule has 1 amide bonds. The number of amides is 1. The molecule has 5 heterocycles. The lowest BCUT2D eigenvalue weighted by Gasteiger charge is -2.42. The molecule has 2 aromatic rings. The van der Waals surface area contributed by atoms with Gasteiger partial charge in [-0.3, -0.25) is 9.80 Å². The maximum Gasteiger partial charge on any atom is 0.410 e. The van der Waals surface area contributed by atoms with Crippen LogP contribution in [0, 0.1) is 5.82 Å². The number of anilines is 1. The molecule has 1 unspecified atom stereocenters. The number of benzene rings is 1. The number of nitrogens with zero attached hydrogens (tertiary/aromatic N) is 5. The monoisotopic (exact) mass is 593 g/mol. The van der Waals surface area contributed by atoms with Crippen molar-refractivity contribution in [2.75, 3.05) is 37.7 Å². The van der Waals surface area contributed by atoms with Crippen LogP contribution < -0.4 is 9.64 Å². The number of fused-ring (bicyclic) bond motifs is 4. The van der Waals surface area contributed by atoms with Gasteiger partial charge >= 0.3 is 12.1 Å². The first-order valence-electron chi connectivity index (χ1n) is 13.5. The second-order valence-electron chi connectivity index (χ2n) is 12.1. The fraction of sp³-hybridized carbons (Fsp3) is 0.667. The molecule has 2 bridgehead atoms. The van der Waals surface area contributed by atoms with E-state index >= 15 is 4.39 Å². The first-order chi connectivity index (χ1) is 18.0. The highest BCUT2D eigenvalue weighted by atomic mass is 79.9. The minimum atomic E-state index is -0.864. The van der Waals surface area contributed by atoms with Gasteiger partial charge in [0.25, 0.3) is 0 Å². The first kappa shape index (κ1) is 26.0. The van der Waals surface area contributed by atoms with Gasteiger partial charge in [-0.2, -0.15) is 9.97 Å². The summed E-state index contributed by atoms with van der Waals surface area (Å²) in [5.74, 6) is 0.115. The highest BCUT2D eigenvalue weighted by Crippen LogP contribution is 2.41. The molecule has 4 fully saturated rings. The number of aromatic nitrogens is 2. The van der Waals surface area contributed by atoms with Gasteiger partial charge in [0.05, 0.1) is 22.1 Å². The molecule has 0 spiro atoms. The Labute approximate surface area is 229 Å². The van der Waals surface area contributed by atoms with Crippen molar-refractivity contribution in [3.63, 3.8) is 0 Å². The Morgan fingerprint density at radius 3 is 2.63 bits per heavy atom. The molecule has 11 heteroatoms. The third-order valence-corrected chi connectivity index (χ3v) is 8.95. The summed E-state index contributed by atoms with van der Waals surface area (Å²) < 4.78 is 41.7. The Balaban J connectivity index is 1.30. The molecule has 4 atom stereocenters. The number of piperazine rings is 1. The lowest BCUT2D eigenvalue weighted by Crippen LogP contribution is -2.57. The lowest BCUT2D eigenvalue weighted by atomic mass is 9.95. The SMILES string of the molecule is CC(C)(C)OC(=O)N1[C@@H]2CC[C@H]1CN(c1nc(OCC34CCCN3C[C@H](F)C4)nc3c(F)c(Br)ccc13)C2. The predicted octanol–water partition coefficient (Wildman–Crippen LogP) is 5.07. The maximum absolute atomic E-state index is 15.3. The summed E-state index contributed by atoms with van der Waals surface area (Å²) in [6.45, 7) is 8.28. The van der Waals surface area contributed by atoms with Crippen LogP contribution in [0.4, 0.5) is 19.4 Å². The van der Waals surface area contributed by atoms with Crippen LogP contribution in [0.15, 0.2) is 16.6 Å². The van der Waals surface area contributed by atoms with Crippen LogP contribution in [0.2, 0.25) is 0 Å². The van der Waals surface area contributed by atoms with Crippen molar-refractivity contribution in [3.8, 4) is 6.01 Å². The minimum absolute atomic E-state index is 0.0239. The van der Waals surface area contributed by atoms with E-state index in [1.165, 1.54) is 0 Å². The minimum Gasteiger partial charge on any atom is -0.461 e. The molecule has 4 saturated heterocycles. The summed E-state index contributed by atoms with van der Waals surface area (Å²) in [7, 11) is 0. The third kappa shape index (κ3) is 4.59. The van der Waals surface area contributed by atoms with Gasteiger partial charge in [0.15, 0.2) is 5.82 Å². The molecular formula is C27H34BrF2N5O3. The molecule has 1 aromatic heterocycles. The summed E-state index contributed by atoms with van der Waals surface area (Å²) in [6, 6.07) is 3.51. The number of alkyl halides is 1. The van der Waals surface area contributed by atoms with Crippen LogP contribution in [-0.2, 0) is 4.74 Å². The van der Waals surface area contributed by atoms with Crippen LogP contribution in [-0.4, -0.2) is 88.0 Å². The standard InChI is InChI=1S/C27H34BrF2N5O3/c1-26(2,3)38-25(36)35-17-5-6-18(35)14-33(13-17)23-19-7-8-20(28)21(30)22(19)31-24(32-23)37-15-27-9-4-10-34(27)12-16(29)11-27/h7-8,16-18H,4-6,9-15H2,1-3H3/t16-,17-,18+,27?/m1/s1. The van der Waals surface area contributed by atoms with Gasteiger partial charge in [-0.1, -0.05) is 0 Å². The fourth-order valence-electron chi connectivity index (χ4n) is 6.74. The van der Waals surface area contributed by atoms with Gasteiger partial charge in [-0.15, -0.1) is 0 Å². The molecule has 0 N–H and O–H groups in total. The normalized spacial score (nSPS) is 29.3. The number of carbonyl (C=O) groups excluding carboxylic acids is 1. The Bertz CT molecular complexity index is 1250. The van der Waals surface area contributed by atoms with E-state index in [1.54, 1.807) is 6.07 Å². The Hall–Kier alpha value is -2.27. The number of halogens is 3. The second kappa shape index (κ2) is 9.43. The molecule has 0 aliphatic carbocycles. The average Bonchev–Trinajstić information content (AvgIpc) is 3.46. The highest BCUT2D eigenvalue weighted by molar-refractivity contribution is 9.10. The lowest BCUT2D eigenvalue weighted by molar-refractivity contribution is 0.0122. The van der Waals surface area contributed by atoms with E-state index in [2.05, 4.69) is 30.7 Å². The Kier molecular flexibility index (Phi) is 6.45. The summed E-state index contributed by atoms with van der Waals surface area (Å²) >= 11 is 3.28. The molecule has 0 radical (unpaired) electrons. The molecule has 206 valence electrons. The largest absolute Gasteiger partial charge is 0.461 e. The van der Waals surface area contributed by atoms with Gasteiger partial charge in [-0.25, -0.2) is 13.6 Å². The van der Waals surface area contributed by atoms with Crippen molar-refractivity contribution in [2.45, 2.75) is 82.3 Å². The second-order valence-corrected chi connectivity index (χ2v) is 13.0. The zero-order chi connectivity index (χ0) is 26.8. The van der Waals surface area contributed by atoms with Crippen molar-refractivity contribution in [2.24, 2.45) is 0 Å². The number of hydrogen-bond acceptors (Lipinski definition) is 7. The summed E-state index contributed by atoms with van der Waals surface area (Å²) in [6.07, 6.45) is 2.89. The van der Waals surface area contributed by atoms with Crippen LogP contribution >= 0.6 is 15.9 Å². The Morgan fingerprint density at radius 2 is 1.92 bits per heavy atom. The Morgan fingerprint density at radius 1 is 1.18 bits per heavy atom. The fourth-order valence-corrected chi connectivity index (χ4v) is 7.06. The third-order valence-electron chi connectivity index (χ3n) is 8.34. The van der Waals surface area contributed by atoms with Crippen molar-refractivity contribution in [1.82, 2.24) is 19.8 Å². The van der Waals surface area contributed by atoms with E-state index in [4.69, 9.17) is 14.5 Å². The number of ether oxygens (including phenoxy) is 2. The quantitative estimate of drug-likeness (QED) is 0.490. The van der Waals surface area contributed by atoms with Gasteiger partial charge in [0, 0.05) is 31.4 Å². The van der Waals surface area contributed by atoms with Crippen LogP contribution in [0.25, 0.3) is 10.9 Å². The van der Waals surface area contributed by atoms with Gasteiger partial charge in [0.2, 0.25) is 0 Å². The van der Waals surface area contributed by atoms with Crippen molar-refractivity contribution < 1.29 is 23.0 Å². The van der Waals surface area contributed by atoms with Crippen LogP contribution in [0.5, 0.6) is 6.01 Å². The average molecular weight is 595 g/mol. The van der Waals surface area contributed by atoms with Crippen molar-refractivity contribution in [3.05, 3.63) is 22.4 Å². The zero-order valence-electron chi connectivity index (χ0n) is 22.1. The molecule has 0 saturated carbocycles. The highest BCUT2D eigenvalue weighted by Gasteiger charge is 2.49. The van der Waals surface area contributed by atoms with E-state index in [9.17, 15) is 9.18 Å². The van der Waals surface area contributed by atoms with E-state index in [-0.39, 0.29) is 41.8 Å². The summed E-state index contributed by atoms with van der Waals surface area (Å²) in [5.41, 5.74) is -0.744. The maximum atomic E-state index is 15.3. The van der Waals surface area contributed by atoms with Crippen LogP contribution in [0.3, 0.4) is 0 Å². The van der Waals surface area contributed by atoms with E-state index < -0.39 is 17.6 Å². The number of rotatable bonds is 4. The molecule has 6 rings (SSSR count). The molecule has 1 aromatic carbocycles. The van der Waals surface area contributed by atoms with Gasteiger partial charge in [-0.05, 0) is 81.1 Å². The topological polar surface area (TPSA) is 71.0 Å². The molecular weight excluding hydrogens is 560 g/mol. The van der Waals surface area contributed by atoms with Gasteiger partial charge < -0.3 is 14.4 Å². The van der Waals surface area contributed by atoms with E-state index in [0.717, 1.165) is 32.2 Å². The van der Waals surface area contributed by atoms with Gasteiger partial charge in [0.1, 0.15) is 29.7 Å². The molecule has 38 heavy (non-hydrogen) atoms. The van der Waals surface area contributed by atoms with E-state index in [0.29, 0.717) is 41.7 Å². The van der Waals surface area contributed by atoms with Crippen molar-refractivity contribution in [1.29, 1.82) is 0 Å². The molecule has 4 aliphatic rings. The smallest absolute Gasteiger partial charge is 0.410 e. The number of carbonyl (C=O) groups is 1. The molecule has 4 aliphatic heterocycles. The predicted molar refractivity (Wildman–Crippen MR) is 143 cm³/mol. The van der Waals surface area contributed by atoms with Crippen LogP contribution in [0.1, 0.15) is 52.9 Å². The number of hydrogen-bond donors (Lipinski definition) is 0. The first-order valence-corrected chi connectivity index (χ1v) is 14.3.